The molecule has 0 unspecified atom stereocenters. The van der Waals surface area contributed by atoms with E-state index in [-0.39, 0.29) is 0 Å². The minimum absolute atomic E-state index is 0.340. The van der Waals surface area contributed by atoms with Crippen molar-refractivity contribution in [2.75, 3.05) is 18.5 Å². The van der Waals surface area contributed by atoms with Crippen LogP contribution in [0.5, 0.6) is 5.75 Å². The second-order valence-electron chi connectivity index (χ2n) is 10.1. The van der Waals surface area contributed by atoms with E-state index in [2.05, 4.69) is 5.32 Å². The molecule has 1 aromatic heterocycles. The first-order valence-corrected chi connectivity index (χ1v) is 14.3. The molecule has 1 amide bonds. The lowest BCUT2D eigenvalue weighted by Gasteiger charge is -2.15. The maximum absolute atomic E-state index is 13.4. The molecule has 8 heteroatoms. The second-order valence-corrected chi connectivity index (χ2v) is 10.1. The van der Waals surface area contributed by atoms with Crippen LogP contribution in [0, 0.1) is 6.92 Å². The van der Waals surface area contributed by atoms with E-state index in [1.54, 1.807) is 24.3 Å². The zero-order valence-electron chi connectivity index (χ0n) is 24.5. The number of anilines is 1. The average molecular weight is 589 g/mol. The lowest BCUT2D eigenvalue weighted by molar-refractivity contribution is -0.119. The fourth-order valence-electron chi connectivity index (χ4n) is 4.67. The van der Waals surface area contributed by atoms with Crippen molar-refractivity contribution in [3.8, 4) is 17.0 Å². The Morgan fingerprint density at radius 3 is 2.20 bits per heavy atom. The number of hydrogen-bond acceptors (Lipinski definition) is 7. The topological polar surface area (TPSA) is 104 Å². The number of benzene rings is 4. The molecular formula is C36H32N2O6. The molecule has 5 rings (SSSR count). The van der Waals surface area contributed by atoms with Crippen LogP contribution in [-0.4, -0.2) is 36.0 Å². The van der Waals surface area contributed by atoms with Crippen LogP contribution >= 0.6 is 0 Å². The van der Waals surface area contributed by atoms with Gasteiger partial charge >= 0.3 is 11.9 Å². The summed E-state index contributed by atoms with van der Waals surface area (Å²) in [4.78, 5) is 42.9. The van der Waals surface area contributed by atoms with Gasteiger partial charge in [0.15, 0.2) is 6.61 Å². The van der Waals surface area contributed by atoms with Crippen molar-refractivity contribution in [2.45, 2.75) is 26.9 Å². The van der Waals surface area contributed by atoms with Crippen LogP contribution in [0.1, 0.15) is 45.2 Å². The van der Waals surface area contributed by atoms with Gasteiger partial charge in [-0.15, -0.1) is 0 Å². The highest BCUT2D eigenvalue weighted by atomic mass is 16.5. The Kier molecular flexibility index (Phi) is 9.61. The van der Waals surface area contributed by atoms with E-state index >= 15 is 0 Å². The van der Waals surface area contributed by atoms with Crippen LogP contribution in [-0.2, 0) is 20.9 Å². The summed E-state index contributed by atoms with van der Waals surface area (Å²) < 4.78 is 16.5. The predicted octanol–water partition coefficient (Wildman–Crippen LogP) is 7.15. The number of pyridine rings is 1. The fourth-order valence-corrected chi connectivity index (χ4v) is 4.67. The summed E-state index contributed by atoms with van der Waals surface area (Å²) >= 11 is 0. The molecule has 8 nitrogen and oxygen atoms in total. The van der Waals surface area contributed by atoms with E-state index in [1.165, 1.54) is 0 Å². The van der Waals surface area contributed by atoms with Crippen molar-refractivity contribution in [2.24, 2.45) is 0 Å². The Morgan fingerprint density at radius 1 is 0.773 bits per heavy atom. The highest BCUT2D eigenvalue weighted by Crippen LogP contribution is 2.31. The molecule has 4 aromatic carbocycles. The van der Waals surface area contributed by atoms with Gasteiger partial charge in [0.2, 0.25) is 0 Å². The SMILES string of the molecule is CCCOC(=O)c1ccc(NC(=O)COC(=O)c2c(C)c(-c3ccc(OCc4ccccc4)cc3)nc3ccccc23)cc1. The largest absolute Gasteiger partial charge is 0.489 e. The molecule has 0 aliphatic rings. The van der Waals surface area contributed by atoms with E-state index < -0.39 is 24.5 Å². The quantitative estimate of drug-likeness (QED) is 0.163. The van der Waals surface area contributed by atoms with Crippen molar-refractivity contribution < 1.29 is 28.6 Å². The van der Waals surface area contributed by atoms with E-state index in [0.717, 1.165) is 17.5 Å². The molecule has 0 fully saturated rings. The number of carbonyl (C=O) groups is 3. The molecule has 0 bridgehead atoms. The van der Waals surface area contributed by atoms with E-state index in [0.29, 0.717) is 57.9 Å². The summed E-state index contributed by atoms with van der Waals surface area (Å²) in [5.41, 5.74) is 4.97. The van der Waals surface area contributed by atoms with Crippen LogP contribution in [0.25, 0.3) is 22.2 Å². The van der Waals surface area contributed by atoms with Gasteiger partial charge in [0.1, 0.15) is 12.4 Å². The maximum atomic E-state index is 13.4. The van der Waals surface area contributed by atoms with Gasteiger partial charge in [-0.3, -0.25) is 4.79 Å². The minimum atomic E-state index is -0.630. The van der Waals surface area contributed by atoms with E-state index in [4.69, 9.17) is 19.2 Å². The van der Waals surface area contributed by atoms with E-state index in [9.17, 15) is 14.4 Å². The number of para-hydroxylation sites is 1. The average Bonchev–Trinajstić information content (AvgIpc) is 3.06. The van der Waals surface area contributed by atoms with Crippen molar-refractivity contribution >= 4 is 34.4 Å². The van der Waals surface area contributed by atoms with Crippen LogP contribution in [0.4, 0.5) is 5.69 Å². The molecule has 0 radical (unpaired) electrons. The molecule has 0 aliphatic carbocycles. The molecule has 1 heterocycles. The number of rotatable bonds is 11. The van der Waals surface area contributed by atoms with Gasteiger partial charge in [-0.05, 0) is 79.1 Å². The third kappa shape index (κ3) is 7.28. The van der Waals surface area contributed by atoms with Gasteiger partial charge in [0.05, 0.1) is 28.9 Å². The first kappa shape index (κ1) is 30.0. The zero-order valence-corrected chi connectivity index (χ0v) is 24.5. The fraction of sp³-hybridized carbons (Fsp3) is 0.167. The highest BCUT2D eigenvalue weighted by Gasteiger charge is 2.21. The van der Waals surface area contributed by atoms with Crippen LogP contribution < -0.4 is 10.1 Å². The zero-order chi connectivity index (χ0) is 30.9. The molecular weight excluding hydrogens is 556 g/mol. The standard InChI is InChI=1S/C36H32N2O6/c1-3-21-42-35(40)27-13-17-28(18-14-27)37-32(39)23-44-36(41)33-24(2)34(38-31-12-8-7-11-30(31)33)26-15-19-29(20-16-26)43-22-25-9-5-4-6-10-25/h4-20H,3,21-23H2,1-2H3,(H,37,39). The predicted molar refractivity (Wildman–Crippen MR) is 169 cm³/mol. The number of amides is 1. The monoisotopic (exact) mass is 588 g/mol. The van der Waals surface area contributed by atoms with Crippen molar-refractivity contribution in [1.29, 1.82) is 0 Å². The van der Waals surface area contributed by atoms with Gasteiger partial charge in [0.25, 0.3) is 5.91 Å². The second kappa shape index (κ2) is 14.1. The summed E-state index contributed by atoms with van der Waals surface area (Å²) in [6.07, 6.45) is 0.729. The summed E-state index contributed by atoms with van der Waals surface area (Å²) in [7, 11) is 0. The molecule has 5 aromatic rings. The summed E-state index contributed by atoms with van der Waals surface area (Å²) in [5.74, 6) is -0.852. The Labute approximate surface area is 255 Å². The van der Waals surface area contributed by atoms with Crippen molar-refractivity contribution in [1.82, 2.24) is 4.98 Å². The number of nitrogens with zero attached hydrogens (tertiary/aromatic N) is 1. The van der Waals surface area contributed by atoms with Crippen molar-refractivity contribution in [3.63, 3.8) is 0 Å². The van der Waals surface area contributed by atoms with E-state index in [1.807, 2.05) is 92.7 Å². The number of ether oxygens (including phenoxy) is 3. The number of hydrogen-bond donors (Lipinski definition) is 1. The summed E-state index contributed by atoms with van der Waals surface area (Å²) in [6, 6.07) is 31.1. The Bertz CT molecular complexity index is 1770. The van der Waals surface area contributed by atoms with Gasteiger partial charge in [-0.1, -0.05) is 55.5 Å². The van der Waals surface area contributed by atoms with Gasteiger partial charge in [0, 0.05) is 16.6 Å². The van der Waals surface area contributed by atoms with Crippen LogP contribution in [0.2, 0.25) is 0 Å². The molecule has 0 aliphatic heterocycles. The number of aromatic nitrogens is 1. The third-order valence-corrected chi connectivity index (χ3v) is 6.89. The highest BCUT2D eigenvalue weighted by molar-refractivity contribution is 6.07. The molecule has 0 atom stereocenters. The Balaban J connectivity index is 1.28. The molecule has 44 heavy (non-hydrogen) atoms. The van der Waals surface area contributed by atoms with Crippen LogP contribution in [0.3, 0.4) is 0 Å². The van der Waals surface area contributed by atoms with Gasteiger partial charge in [-0.25, -0.2) is 14.6 Å². The molecule has 0 spiro atoms. The summed E-state index contributed by atoms with van der Waals surface area (Å²) in [5, 5.41) is 3.31. The van der Waals surface area contributed by atoms with Gasteiger partial charge < -0.3 is 19.5 Å². The lowest BCUT2D eigenvalue weighted by atomic mass is 9.97. The molecule has 222 valence electrons. The smallest absolute Gasteiger partial charge is 0.339 e. The van der Waals surface area contributed by atoms with Gasteiger partial charge in [-0.2, -0.15) is 0 Å². The summed E-state index contributed by atoms with van der Waals surface area (Å²) in [6.45, 7) is 4.04. The first-order valence-electron chi connectivity index (χ1n) is 14.3. The number of carbonyl (C=O) groups excluding carboxylic acids is 3. The van der Waals surface area contributed by atoms with Crippen molar-refractivity contribution in [3.05, 3.63) is 125 Å². The molecule has 1 N–H and O–H groups in total. The Morgan fingerprint density at radius 2 is 1.48 bits per heavy atom. The van der Waals surface area contributed by atoms with Crippen LogP contribution in [0.15, 0.2) is 103 Å². The molecule has 0 saturated heterocycles. The maximum Gasteiger partial charge on any atom is 0.339 e. The third-order valence-electron chi connectivity index (χ3n) is 6.89. The normalized spacial score (nSPS) is 10.7. The Hall–Kier alpha value is -5.50. The lowest BCUT2D eigenvalue weighted by Crippen LogP contribution is -2.21. The number of fused-ring (bicyclic) bond motifs is 1. The number of nitrogens with one attached hydrogen (secondary N) is 1. The number of esters is 2. The minimum Gasteiger partial charge on any atom is -0.489 e. The first-order chi connectivity index (χ1) is 21.4. The molecule has 0 saturated carbocycles.